The molecule has 6 heteroatoms. The zero-order valence-electron chi connectivity index (χ0n) is 7.60. The largest absolute Gasteiger partial charge is 0.249 e. The van der Waals surface area contributed by atoms with Crippen LogP contribution in [-0.2, 0) is 9.84 Å². The lowest BCUT2D eigenvalue weighted by atomic mass is 10.5. The van der Waals surface area contributed by atoms with E-state index >= 15 is 0 Å². The van der Waals surface area contributed by atoms with E-state index in [1.807, 2.05) is 12.1 Å². The van der Waals surface area contributed by atoms with Crippen LogP contribution in [0.4, 0.5) is 0 Å². The number of aromatic nitrogens is 1. The molecule has 0 fully saturated rings. The van der Waals surface area contributed by atoms with Gasteiger partial charge in [0.15, 0.2) is 0 Å². The van der Waals surface area contributed by atoms with Gasteiger partial charge in [0.05, 0.1) is 5.75 Å². The maximum atomic E-state index is 10.9. The number of pyridine rings is 1. The van der Waals surface area contributed by atoms with Crippen molar-refractivity contribution < 1.29 is 8.42 Å². The van der Waals surface area contributed by atoms with Crippen molar-refractivity contribution in [2.45, 2.75) is 5.03 Å². The molecule has 0 unspecified atom stereocenters. The number of nitrogens with zero attached hydrogens (tertiary/aromatic N) is 1. The van der Waals surface area contributed by atoms with E-state index < -0.39 is 9.84 Å². The SMILES string of the molecule is CS(=O)(=O)CCSc1ncccc1Br. The van der Waals surface area contributed by atoms with Crippen LogP contribution in [0.5, 0.6) is 0 Å². The third-order valence-corrected chi connectivity index (χ3v) is 4.53. The van der Waals surface area contributed by atoms with Crippen molar-refractivity contribution in [3.05, 3.63) is 22.8 Å². The molecule has 0 aliphatic heterocycles. The zero-order chi connectivity index (χ0) is 10.6. The molecule has 0 aromatic carbocycles. The molecule has 0 amide bonds. The van der Waals surface area contributed by atoms with Crippen LogP contribution in [0.1, 0.15) is 0 Å². The first-order chi connectivity index (χ1) is 6.49. The number of hydrogen-bond acceptors (Lipinski definition) is 4. The molecule has 1 aromatic heterocycles. The quantitative estimate of drug-likeness (QED) is 0.797. The Morgan fingerprint density at radius 1 is 1.57 bits per heavy atom. The Bertz CT molecular complexity index is 406. The molecule has 0 spiro atoms. The van der Waals surface area contributed by atoms with E-state index in [1.165, 1.54) is 18.0 Å². The highest BCUT2D eigenvalue weighted by molar-refractivity contribution is 9.10. The van der Waals surface area contributed by atoms with Gasteiger partial charge in [-0.25, -0.2) is 13.4 Å². The van der Waals surface area contributed by atoms with Crippen molar-refractivity contribution in [2.24, 2.45) is 0 Å². The molecular weight excluding hydrogens is 286 g/mol. The summed E-state index contributed by atoms with van der Waals surface area (Å²) in [7, 11) is -2.87. The Labute approximate surface area is 96.4 Å². The predicted octanol–water partition coefficient (Wildman–Crippen LogP) is 1.98. The lowest BCUT2D eigenvalue weighted by Crippen LogP contribution is -2.05. The first kappa shape index (κ1) is 12.0. The molecule has 1 heterocycles. The van der Waals surface area contributed by atoms with Crippen LogP contribution in [0, 0.1) is 0 Å². The molecule has 0 saturated carbocycles. The molecule has 78 valence electrons. The van der Waals surface area contributed by atoms with Crippen LogP contribution in [0.3, 0.4) is 0 Å². The van der Waals surface area contributed by atoms with E-state index in [-0.39, 0.29) is 5.75 Å². The molecule has 3 nitrogen and oxygen atoms in total. The van der Waals surface area contributed by atoms with Gasteiger partial charge in [-0.1, -0.05) is 0 Å². The number of sulfone groups is 1. The molecule has 0 N–H and O–H groups in total. The minimum atomic E-state index is -2.87. The highest BCUT2D eigenvalue weighted by Gasteiger charge is 2.05. The molecule has 0 saturated heterocycles. The third-order valence-electron chi connectivity index (χ3n) is 1.42. The highest BCUT2D eigenvalue weighted by Crippen LogP contribution is 2.24. The van der Waals surface area contributed by atoms with Crippen LogP contribution in [0.25, 0.3) is 0 Å². The minimum absolute atomic E-state index is 0.181. The predicted molar refractivity (Wildman–Crippen MR) is 62.4 cm³/mol. The average molecular weight is 296 g/mol. The van der Waals surface area contributed by atoms with Crippen LogP contribution < -0.4 is 0 Å². The van der Waals surface area contributed by atoms with E-state index in [4.69, 9.17) is 0 Å². The van der Waals surface area contributed by atoms with E-state index in [0.29, 0.717) is 5.75 Å². The normalized spacial score (nSPS) is 11.6. The van der Waals surface area contributed by atoms with Crippen LogP contribution in [0.2, 0.25) is 0 Å². The van der Waals surface area contributed by atoms with Gasteiger partial charge in [0, 0.05) is 22.7 Å². The van der Waals surface area contributed by atoms with Crippen molar-refractivity contribution in [2.75, 3.05) is 17.8 Å². The Morgan fingerprint density at radius 3 is 2.86 bits per heavy atom. The number of hydrogen-bond donors (Lipinski definition) is 0. The standard InChI is InChI=1S/C8H10BrNO2S2/c1-14(11,12)6-5-13-8-7(9)3-2-4-10-8/h2-4H,5-6H2,1H3. The fourth-order valence-electron chi connectivity index (χ4n) is 0.767. The van der Waals surface area contributed by atoms with Gasteiger partial charge in [0.1, 0.15) is 14.9 Å². The first-order valence-electron chi connectivity index (χ1n) is 3.90. The van der Waals surface area contributed by atoms with Gasteiger partial charge in [-0.2, -0.15) is 0 Å². The zero-order valence-corrected chi connectivity index (χ0v) is 10.8. The number of thioether (sulfide) groups is 1. The van der Waals surface area contributed by atoms with Crippen LogP contribution in [0.15, 0.2) is 27.8 Å². The van der Waals surface area contributed by atoms with E-state index in [2.05, 4.69) is 20.9 Å². The molecule has 0 bridgehead atoms. The molecule has 0 aliphatic carbocycles. The first-order valence-corrected chi connectivity index (χ1v) is 7.74. The molecule has 1 rings (SSSR count). The van der Waals surface area contributed by atoms with Crippen molar-refractivity contribution >= 4 is 37.5 Å². The van der Waals surface area contributed by atoms with Gasteiger partial charge in [-0.15, -0.1) is 11.8 Å². The summed E-state index contributed by atoms with van der Waals surface area (Å²) in [4.78, 5) is 4.12. The Hall–Kier alpha value is -0.0700. The molecule has 0 atom stereocenters. The minimum Gasteiger partial charge on any atom is -0.249 e. The Morgan fingerprint density at radius 2 is 2.29 bits per heavy atom. The fourth-order valence-corrected chi connectivity index (χ4v) is 3.44. The van der Waals surface area contributed by atoms with Crippen LogP contribution >= 0.6 is 27.7 Å². The van der Waals surface area contributed by atoms with Crippen molar-refractivity contribution in [3.63, 3.8) is 0 Å². The van der Waals surface area contributed by atoms with Gasteiger partial charge in [-0.05, 0) is 28.1 Å². The van der Waals surface area contributed by atoms with E-state index in [0.717, 1.165) is 9.50 Å². The van der Waals surface area contributed by atoms with E-state index in [1.54, 1.807) is 6.20 Å². The van der Waals surface area contributed by atoms with Crippen molar-refractivity contribution in [1.29, 1.82) is 0 Å². The Kier molecular flexibility index (Phi) is 4.40. The summed E-state index contributed by atoms with van der Waals surface area (Å²) in [6, 6.07) is 3.71. The summed E-state index contributed by atoms with van der Waals surface area (Å²) in [5, 5.41) is 0.830. The summed E-state index contributed by atoms with van der Waals surface area (Å²) < 4.78 is 22.6. The average Bonchev–Trinajstić information content (AvgIpc) is 2.06. The monoisotopic (exact) mass is 295 g/mol. The maximum absolute atomic E-state index is 10.9. The smallest absolute Gasteiger partial charge is 0.148 e. The third kappa shape index (κ3) is 4.43. The summed E-state index contributed by atoms with van der Waals surface area (Å²) in [5.41, 5.74) is 0. The topological polar surface area (TPSA) is 47.0 Å². The summed E-state index contributed by atoms with van der Waals surface area (Å²) in [6.45, 7) is 0. The fraction of sp³-hybridized carbons (Fsp3) is 0.375. The molecule has 0 radical (unpaired) electrons. The second kappa shape index (κ2) is 5.14. The summed E-state index contributed by atoms with van der Waals surface area (Å²) in [6.07, 6.45) is 2.93. The second-order valence-electron chi connectivity index (χ2n) is 2.77. The van der Waals surface area contributed by atoms with Crippen molar-refractivity contribution in [1.82, 2.24) is 4.98 Å². The lowest BCUT2D eigenvalue weighted by molar-refractivity contribution is 0.603. The van der Waals surface area contributed by atoms with Gasteiger partial charge in [0.2, 0.25) is 0 Å². The van der Waals surface area contributed by atoms with Gasteiger partial charge < -0.3 is 0 Å². The molecule has 1 aromatic rings. The highest BCUT2D eigenvalue weighted by atomic mass is 79.9. The van der Waals surface area contributed by atoms with Gasteiger partial charge in [0.25, 0.3) is 0 Å². The van der Waals surface area contributed by atoms with E-state index in [9.17, 15) is 8.42 Å². The molecular formula is C8H10BrNO2S2. The summed E-state index contributed by atoms with van der Waals surface area (Å²) >= 11 is 4.78. The molecule has 14 heavy (non-hydrogen) atoms. The van der Waals surface area contributed by atoms with Gasteiger partial charge in [-0.3, -0.25) is 0 Å². The molecule has 0 aliphatic rings. The van der Waals surface area contributed by atoms with Crippen LogP contribution in [-0.4, -0.2) is 31.2 Å². The van der Waals surface area contributed by atoms with Crippen molar-refractivity contribution in [3.8, 4) is 0 Å². The van der Waals surface area contributed by atoms with Gasteiger partial charge >= 0.3 is 0 Å². The number of halogens is 1. The second-order valence-corrected chi connectivity index (χ2v) is 6.97. The number of rotatable bonds is 4. The lowest BCUT2D eigenvalue weighted by Gasteiger charge is -2.01. The Balaban J connectivity index is 2.51. The summed E-state index contributed by atoms with van der Waals surface area (Å²) in [5.74, 6) is 0.717. The maximum Gasteiger partial charge on any atom is 0.148 e.